The van der Waals surface area contributed by atoms with E-state index in [9.17, 15) is 4.39 Å². The Bertz CT molecular complexity index is 182. The molecular formula is C11H23FN2. The van der Waals surface area contributed by atoms with E-state index >= 15 is 0 Å². The highest BCUT2D eigenvalue weighted by Gasteiger charge is 2.39. The molecule has 0 spiro atoms. The molecule has 3 unspecified atom stereocenters. The third-order valence-electron chi connectivity index (χ3n) is 3.54. The van der Waals surface area contributed by atoms with Crippen LogP contribution in [0.25, 0.3) is 0 Å². The Balaban J connectivity index is 2.44. The SMILES string of the molecule is CCC(C)N(C)CC1NCCC1(C)F. The van der Waals surface area contributed by atoms with Crippen LogP contribution in [-0.2, 0) is 0 Å². The second-order valence-corrected chi connectivity index (χ2v) is 4.73. The minimum Gasteiger partial charge on any atom is -0.310 e. The van der Waals surface area contributed by atoms with E-state index in [-0.39, 0.29) is 6.04 Å². The third-order valence-corrected chi connectivity index (χ3v) is 3.54. The number of hydrogen-bond donors (Lipinski definition) is 1. The number of likely N-dealkylation sites (N-methyl/N-ethyl adjacent to an activating group) is 1. The fourth-order valence-electron chi connectivity index (χ4n) is 1.91. The van der Waals surface area contributed by atoms with E-state index in [2.05, 4.69) is 31.1 Å². The molecule has 2 nitrogen and oxygen atoms in total. The van der Waals surface area contributed by atoms with E-state index < -0.39 is 5.67 Å². The molecule has 14 heavy (non-hydrogen) atoms. The van der Waals surface area contributed by atoms with Gasteiger partial charge in [0.05, 0.1) is 6.04 Å². The molecule has 0 saturated carbocycles. The average Bonchev–Trinajstić information content (AvgIpc) is 2.44. The lowest BCUT2D eigenvalue weighted by atomic mass is 9.99. The van der Waals surface area contributed by atoms with Gasteiger partial charge in [0.1, 0.15) is 5.67 Å². The molecule has 0 bridgehead atoms. The fourth-order valence-corrected chi connectivity index (χ4v) is 1.91. The summed E-state index contributed by atoms with van der Waals surface area (Å²) < 4.78 is 13.9. The van der Waals surface area contributed by atoms with Crippen LogP contribution in [0.4, 0.5) is 4.39 Å². The molecule has 1 fully saturated rings. The number of nitrogens with one attached hydrogen (secondary N) is 1. The van der Waals surface area contributed by atoms with Crippen LogP contribution < -0.4 is 5.32 Å². The van der Waals surface area contributed by atoms with E-state index in [0.717, 1.165) is 19.5 Å². The minimum atomic E-state index is -1.03. The van der Waals surface area contributed by atoms with Crippen LogP contribution in [0.1, 0.15) is 33.6 Å². The van der Waals surface area contributed by atoms with Gasteiger partial charge >= 0.3 is 0 Å². The maximum Gasteiger partial charge on any atom is 0.125 e. The quantitative estimate of drug-likeness (QED) is 0.748. The molecule has 0 amide bonds. The van der Waals surface area contributed by atoms with Gasteiger partial charge in [-0.3, -0.25) is 0 Å². The average molecular weight is 202 g/mol. The third kappa shape index (κ3) is 2.67. The van der Waals surface area contributed by atoms with Crippen molar-refractivity contribution < 1.29 is 4.39 Å². The first-order valence-electron chi connectivity index (χ1n) is 5.60. The van der Waals surface area contributed by atoms with Crippen molar-refractivity contribution in [3.8, 4) is 0 Å². The summed E-state index contributed by atoms with van der Waals surface area (Å²) in [4.78, 5) is 2.24. The molecule has 3 atom stereocenters. The van der Waals surface area contributed by atoms with E-state index in [1.165, 1.54) is 0 Å². The van der Waals surface area contributed by atoms with Crippen LogP contribution in [0.15, 0.2) is 0 Å². The molecule has 1 heterocycles. The van der Waals surface area contributed by atoms with E-state index in [1.54, 1.807) is 6.92 Å². The largest absolute Gasteiger partial charge is 0.310 e. The van der Waals surface area contributed by atoms with Gasteiger partial charge < -0.3 is 10.2 Å². The Morgan fingerprint density at radius 1 is 1.64 bits per heavy atom. The Morgan fingerprint density at radius 3 is 2.71 bits per heavy atom. The lowest BCUT2D eigenvalue weighted by Crippen LogP contribution is -2.47. The Morgan fingerprint density at radius 2 is 2.29 bits per heavy atom. The predicted octanol–water partition coefficient (Wildman–Crippen LogP) is 1.81. The summed E-state index contributed by atoms with van der Waals surface area (Å²) >= 11 is 0. The summed E-state index contributed by atoms with van der Waals surface area (Å²) in [7, 11) is 2.07. The number of halogens is 1. The smallest absolute Gasteiger partial charge is 0.125 e. The molecule has 0 aromatic heterocycles. The zero-order valence-corrected chi connectivity index (χ0v) is 9.81. The first-order chi connectivity index (χ1) is 6.47. The lowest BCUT2D eigenvalue weighted by Gasteiger charge is -2.30. The maximum absolute atomic E-state index is 13.9. The maximum atomic E-state index is 13.9. The first kappa shape index (κ1) is 11.9. The molecule has 0 radical (unpaired) electrons. The summed E-state index contributed by atoms with van der Waals surface area (Å²) in [6, 6.07) is 0.537. The standard InChI is InChI=1S/C11H23FN2/c1-5-9(2)14(4)8-10-11(3,12)6-7-13-10/h9-10,13H,5-8H2,1-4H3. The summed E-state index contributed by atoms with van der Waals surface area (Å²) in [5.74, 6) is 0. The highest BCUT2D eigenvalue weighted by atomic mass is 19.1. The van der Waals surface area contributed by atoms with Crippen molar-refractivity contribution in [2.45, 2.75) is 51.4 Å². The molecule has 1 aliphatic rings. The molecule has 1 rings (SSSR count). The molecule has 0 aromatic carbocycles. The van der Waals surface area contributed by atoms with Gasteiger partial charge in [-0.25, -0.2) is 4.39 Å². The van der Waals surface area contributed by atoms with Gasteiger partial charge in [-0.1, -0.05) is 6.92 Å². The topological polar surface area (TPSA) is 15.3 Å². The van der Waals surface area contributed by atoms with Crippen molar-refractivity contribution in [2.24, 2.45) is 0 Å². The van der Waals surface area contributed by atoms with Gasteiger partial charge in [0.15, 0.2) is 0 Å². The number of alkyl halides is 1. The molecule has 1 saturated heterocycles. The highest BCUT2D eigenvalue weighted by molar-refractivity contribution is 4.96. The van der Waals surface area contributed by atoms with Gasteiger partial charge in [-0.2, -0.15) is 0 Å². The summed E-state index contributed by atoms with van der Waals surface area (Å²) in [5, 5.41) is 3.24. The van der Waals surface area contributed by atoms with Crippen molar-refractivity contribution in [3.05, 3.63) is 0 Å². The number of rotatable bonds is 4. The second kappa shape index (κ2) is 4.58. The van der Waals surface area contributed by atoms with Crippen molar-refractivity contribution in [2.75, 3.05) is 20.1 Å². The van der Waals surface area contributed by atoms with Crippen LogP contribution in [0, 0.1) is 0 Å². The molecule has 1 N–H and O–H groups in total. The van der Waals surface area contributed by atoms with Crippen molar-refractivity contribution >= 4 is 0 Å². The molecule has 84 valence electrons. The zero-order valence-electron chi connectivity index (χ0n) is 9.81. The summed E-state index contributed by atoms with van der Waals surface area (Å²) in [6.07, 6.45) is 1.76. The van der Waals surface area contributed by atoms with Crippen LogP contribution in [0.2, 0.25) is 0 Å². The van der Waals surface area contributed by atoms with Crippen LogP contribution >= 0.6 is 0 Å². The predicted molar refractivity (Wildman–Crippen MR) is 58.3 cm³/mol. The van der Waals surface area contributed by atoms with Crippen LogP contribution in [0.3, 0.4) is 0 Å². The first-order valence-corrected chi connectivity index (χ1v) is 5.60. The van der Waals surface area contributed by atoms with Gasteiger partial charge in [0, 0.05) is 12.6 Å². The normalized spacial score (nSPS) is 35.1. The summed E-state index contributed by atoms with van der Waals surface area (Å²) in [5.41, 5.74) is -1.03. The lowest BCUT2D eigenvalue weighted by molar-refractivity contribution is 0.125. The van der Waals surface area contributed by atoms with Crippen LogP contribution in [0.5, 0.6) is 0 Å². The minimum absolute atomic E-state index is 0.00139. The van der Waals surface area contributed by atoms with Crippen molar-refractivity contribution in [3.63, 3.8) is 0 Å². The Kier molecular flexibility index (Phi) is 3.90. The second-order valence-electron chi connectivity index (χ2n) is 4.73. The number of nitrogens with zero attached hydrogens (tertiary/aromatic N) is 1. The highest BCUT2D eigenvalue weighted by Crippen LogP contribution is 2.25. The van der Waals surface area contributed by atoms with E-state index in [1.807, 2.05) is 0 Å². The van der Waals surface area contributed by atoms with E-state index in [0.29, 0.717) is 12.5 Å². The zero-order chi connectivity index (χ0) is 10.8. The molecule has 0 aliphatic carbocycles. The van der Waals surface area contributed by atoms with Crippen molar-refractivity contribution in [1.29, 1.82) is 0 Å². The summed E-state index contributed by atoms with van der Waals surface area (Å²) in [6.45, 7) is 7.68. The molecule has 3 heteroatoms. The Hall–Kier alpha value is -0.150. The monoisotopic (exact) mass is 202 g/mol. The fraction of sp³-hybridized carbons (Fsp3) is 1.00. The molecular weight excluding hydrogens is 179 g/mol. The van der Waals surface area contributed by atoms with Gasteiger partial charge in [0.2, 0.25) is 0 Å². The van der Waals surface area contributed by atoms with Gasteiger partial charge in [-0.15, -0.1) is 0 Å². The van der Waals surface area contributed by atoms with Crippen LogP contribution in [-0.4, -0.2) is 42.8 Å². The van der Waals surface area contributed by atoms with E-state index in [4.69, 9.17) is 0 Å². The number of hydrogen-bond acceptors (Lipinski definition) is 2. The van der Waals surface area contributed by atoms with Gasteiger partial charge in [0.25, 0.3) is 0 Å². The van der Waals surface area contributed by atoms with Gasteiger partial charge in [-0.05, 0) is 40.3 Å². The molecule has 0 aromatic rings. The Labute approximate surface area is 86.9 Å². The molecule has 1 aliphatic heterocycles. The van der Waals surface area contributed by atoms with Crippen molar-refractivity contribution in [1.82, 2.24) is 10.2 Å².